The summed E-state index contributed by atoms with van der Waals surface area (Å²) in [5.74, 6) is 1.01. The fraction of sp³-hybridized carbons (Fsp3) is 0.600. The van der Waals surface area contributed by atoms with Crippen LogP contribution in [0.25, 0.3) is 0 Å². The molecule has 100 valence electrons. The van der Waals surface area contributed by atoms with Crippen molar-refractivity contribution in [1.82, 2.24) is 5.32 Å². The van der Waals surface area contributed by atoms with E-state index >= 15 is 0 Å². The summed E-state index contributed by atoms with van der Waals surface area (Å²) in [6.07, 6.45) is 0.153. The molecule has 3 nitrogen and oxygen atoms in total. The molecule has 0 amide bonds. The van der Waals surface area contributed by atoms with Crippen molar-refractivity contribution in [3.63, 3.8) is 0 Å². The highest BCUT2D eigenvalue weighted by Gasteiger charge is 2.19. The molecule has 1 aromatic rings. The minimum Gasteiger partial charge on any atom is -0.490 e. The van der Waals surface area contributed by atoms with E-state index in [1.54, 1.807) is 0 Å². The molecule has 1 fully saturated rings. The van der Waals surface area contributed by atoms with Crippen LogP contribution in [0.2, 0.25) is 0 Å². The van der Waals surface area contributed by atoms with E-state index in [2.05, 4.69) is 45.1 Å². The van der Waals surface area contributed by atoms with Gasteiger partial charge in [0.2, 0.25) is 0 Å². The number of hydrogen-bond acceptors (Lipinski definition) is 3. The Bertz CT molecular complexity index is 409. The molecular weight excluding hydrogens is 226 g/mol. The van der Waals surface area contributed by atoms with Crippen LogP contribution < -0.4 is 10.1 Å². The summed E-state index contributed by atoms with van der Waals surface area (Å²) >= 11 is 0. The first-order valence-electron chi connectivity index (χ1n) is 6.62. The Morgan fingerprint density at radius 2 is 2.00 bits per heavy atom. The molecule has 1 aromatic carbocycles. The molecule has 1 saturated heterocycles. The number of morpholine rings is 1. The first kappa shape index (κ1) is 13.4. The van der Waals surface area contributed by atoms with Crippen molar-refractivity contribution < 1.29 is 9.47 Å². The molecule has 18 heavy (non-hydrogen) atoms. The molecule has 2 unspecified atom stereocenters. The molecule has 2 atom stereocenters. The van der Waals surface area contributed by atoms with Gasteiger partial charge in [0.1, 0.15) is 18.5 Å². The molecular formula is C15H23NO2. The molecule has 2 rings (SSSR count). The highest BCUT2D eigenvalue weighted by molar-refractivity contribution is 5.44. The quantitative estimate of drug-likeness (QED) is 0.892. The monoisotopic (exact) mass is 249 g/mol. The van der Waals surface area contributed by atoms with Gasteiger partial charge in [0.05, 0.1) is 6.61 Å². The van der Waals surface area contributed by atoms with Gasteiger partial charge in [-0.25, -0.2) is 0 Å². The van der Waals surface area contributed by atoms with Gasteiger partial charge in [-0.3, -0.25) is 0 Å². The standard InChI is InChI=1S/C15H23NO2/c1-10-5-6-11(2)15(13(10)4)18-9-14-7-16-12(3)8-17-14/h5-6,12,14,16H,7-9H2,1-4H3. The van der Waals surface area contributed by atoms with Gasteiger partial charge in [-0.1, -0.05) is 12.1 Å². The molecule has 1 N–H and O–H groups in total. The highest BCUT2D eigenvalue weighted by Crippen LogP contribution is 2.26. The topological polar surface area (TPSA) is 30.5 Å². The van der Waals surface area contributed by atoms with E-state index in [1.165, 1.54) is 16.7 Å². The van der Waals surface area contributed by atoms with Crippen molar-refractivity contribution in [2.75, 3.05) is 19.8 Å². The lowest BCUT2D eigenvalue weighted by Gasteiger charge is -2.28. The van der Waals surface area contributed by atoms with Gasteiger partial charge in [0.25, 0.3) is 0 Å². The van der Waals surface area contributed by atoms with Crippen LogP contribution in [-0.4, -0.2) is 31.9 Å². The van der Waals surface area contributed by atoms with Gasteiger partial charge >= 0.3 is 0 Å². The van der Waals surface area contributed by atoms with Crippen LogP contribution in [0.1, 0.15) is 23.6 Å². The van der Waals surface area contributed by atoms with Crippen molar-refractivity contribution >= 4 is 0 Å². The van der Waals surface area contributed by atoms with Crippen molar-refractivity contribution in [3.05, 3.63) is 28.8 Å². The molecule has 0 aromatic heterocycles. The first-order chi connectivity index (χ1) is 8.58. The number of benzene rings is 1. The lowest BCUT2D eigenvalue weighted by molar-refractivity contribution is -0.0167. The summed E-state index contributed by atoms with van der Waals surface area (Å²) in [6, 6.07) is 4.70. The van der Waals surface area contributed by atoms with Crippen molar-refractivity contribution in [2.24, 2.45) is 0 Å². The van der Waals surface area contributed by atoms with Crippen molar-refractivity contribution in [1.29, 1.82) is 0 Å². The van der Waals surface area contributed by atoms with Crippen LogP contribution in [0.4, 0.5) is 0 Å². The summed E-state index contributed by atoms with van der Waals surface area (Å²) in [7, 11) is 0. The summed E-state index contributed by atoms with van der Waals surface area (Å²) in [5, 5.41) is 3.40. The Morgan fingerprint density at radius 3 is 2.67 bits per heavy atom. The van der Waals surface area contributed by atoms with E-state index in [-0.39, 0.29) is 6.10 Å². The van der Waals surface area contributed by atoms with Crippen LogP contribution in [0.15, 0.2) is 12.1 Å². The van der Waals surface area contributed by atoms with Gasteiger partial charge in [0.15, 0.2) is 0 Å². The molecule has 1 heterocycles. The normalized spacial score (nSPS) is 24.0. The van der Waals surface area contributed by atoms with E-state index in [4.69, 9.17) is 9.47 Å². The third kappa shape index (κ3) is 3.03. The van der Waals surface area contributed by atoms with E-state index in [0.717, 1.165) is 18.9 Å². The summed E-state index contributed by atoms with van der Waals surface area (Å²) in [4.78, 5) is 0. The van der Waals surface area contributed by atoms with Crippen molar-refractivity contribution in [3.8, 4) is 5.75 Å². The van der Waals surface area contributed by atoms with Gasteiger partial charge in [-0.2, -0.15) is 0 Å². The zero-order chi connectivity index (χ0) is 13.1. The number of ether oxygens (including phenoxy) is 2. The fourth-order valence-electron chi connectivity index (χ4n) is 2.16. The molecule has 1 aliphatic heterocycles. The predicted molar refractivity (Wildman–Crippen MR) is 73.4 cm³/mol. The Labute approximate surface area is 109 Å². The lowest BCUT2D eigenvalue weighted by Crippen LogP contribution is -2.46. The van der Waals surface area contributed by atoms with Crippen molar-refractivity contribution in [2.45, 2.75) is 39.8 Å². The van der Waals surface area contributed by atoms with E-state index < -0.39 is 0 Å². The summed E-state index contributed by atoms with van der Waals surface area (Å²) in [5.41, 5.74) is 3.69. The Hall–Kier alpha value is -1.06. The zero-order valence-corrected chi connectivity index (χ0v) is 11.7. The second-order valence-electron chi connectivity index (χ2n) is 5.23. The number of nitrogens with one attached hydrogen (secondary N) is 1. The van der Waals surface area contributed by atoms with Crippen LogP contribution in [0.3, 0.4) is 0 Å². The second kappa shape index (κ2) is 5.72. The first-order valence-corrected chi connectivity index (χ1v) is 6.62. The maximum atomic E-state index is 5.96. The third-order valence-electron chi connectivity index (χ3n) is 3.56. The molecule has 0 saturated carbocycles. The van der Waals surface area contributed by atoms with E-state index in [1.807, 2.05) is 0 Å². The van der Waals surface area contributed by atoms with Gasteiger partial charge in [-0.15, -0.1) is 0 Å². The number of aryl methyl sites for hydroxylation is 2. The van der Waals surface area contributed by atoms with Gasteiger partial charge in [-0.05, 0) is 44.4 Å². The fourth-order valence-corrected chi connectivity index (χ4v) is 2.16. The number of hydrogen-bond donors (Lipinski definition) is 1. The summed E-state index contributed by atoms with van der Waals surface area (Å²) < 4.78 is 11.7. The Balaban J connectivity index is 1.96. The third-order valence-corrected chi connectivity index (χ3v) is 3.56. The molecule has 0 bridgehead atoms. The van der Waals surface area contributed by atoms with Gasteiger partial charge < -0.3 is 14.8 Å². The second-order valence-corrected chi connectivity index (χ2v) is 5.23. The highest BCUT2D eigenvalue weighted by atomic mass is 16.5. The number of rotatable bonds is 3. The molecule has 0 radical (unpaired) electrons. The Morgan fingerprint density at radius 1 is 1.28 bits per heavy atom. The average molecular weight is 249 g/mol. The minimum absolute atomic E-state index is 0.153. The predicted octanol–water partition coefficient (Wildman–Crippen LogP) is 2.37. The van der Waals surface area contributed by atoms with Gasteiger partial charge in [0, 0.05) is 12.6 Å². The minimum atomic E-state index is 0.153. The van der Waals surface area contributed by atoms with E-state index in [9.17, 15) is 0 Å². The Kier molecular flexibility index (Phi) is 4.25. The van der Waals surface area contributed by atoms with Crippen LogP contribution in [-0.2, 0) is 4.74 Å². The molecule has 3 heteroatoms. The maximum Gasteiger partial charge on any atom is 0.125 e. The van der Waals surface area contributed by atoms with Crippen LogP contribution >= 0.6 is 0 Å². The van der Waals surface area contributed by atoms with E-state index in [0.29, 0.717) is 12.6 Å². The molecule has 0 spiro atoms. The van der Waals surface area contributed by atoms with Crippen LogP contribution in [0, 0.1) is 20.8 Å². The maximum absolute atomic E-state index is 5.96. The zero-order valence-electron chi connectivity index (χ0n) is 11.7. The smallest absolute Gasteiger partial charge is 0.125 e. The lowest BCUT2D eigenvalue weighted by atomic mass is 10.1. The summed E-state index contributed by atoms with van der Waals surface area (Å²) in [6.45, 7) is 10.7. The SMILES string of the molecule is Cc1ccc(C)c(OCC2CNC(C)CO2)c1C. The molecule has 0 aliphatic carbocycles. The average Bonchev–Trinajstić information content (AvgIpc) is 2.36. The molecule has 1 aliphatic rings. The largest absolute Gasteiger partial charge is 0.490 e. The van der Waals surface area contributed by atoms with Crippen LogP contribution in [0.5, 0.6) is 5.75 Å².